The Balaban J connectivity index is 1.63. The summed E-state index contributed by atoms with van der Waals surface area (Å²) in [5.74, 6) is -2.14. The third-order valence-corrected chi connectivity index (χ3v) is 6.36. The molecule has 0 aromatic heterocycles. The van der Waals surface area contributed by atoms with Crippen molar-refractivity contribution < 1.29 is 19.2 Å². The molecule has 3 aromatic rings. The molecule has 0 radical (unpaired) electrons. The number of carbonyl (C=O) groups excluding carboxylic acids is 3. The maximum atomic E-state index is 13.1. The second kappa shape index (κ2) is 8.52. The van der Waals surface area contributed by atoms with Gasteiger partial charge in [0.2, 0.25) is 0 Å². The first-order valence-electron chi connectivity index (χ1n) is 8.82. The van der Waals surface area contributed by atoms with Crippen LogP contribution >= 0.6 is 35.0 Å². The molecule has 4 rings (SSSR count). The van der Waals surface area contributed by atoms with E-state index in [1.54, 1.807) is 54.6 Å². The molecule has 1 atom stereocenters. The van der Waals surface area contributed by atoms with Crippen LogP contribution in [0, 0.1) is 0 Å². The summed E-state index contributed by atoms with van der Waals surface area (Å²) in [5, 5.41) is 0.496. The minimum Gasteiger partial charge on any atom is -0.328 e. The molecule has 30 heavy (non-hydrogen) atoms. The van der Waals surface area contributed by atoms with Crippen molar-refractivity contribution in [2.45, 2.75) is 10.1 Å². The van der Waals surface area contributed by atoms with Gasteiger partial charge < -0.3 is 4.84 Å². The summed E-state index contributed by atoms with van der Waals surface area (Å²) in [6.07, 6.45) is 0. The number of carbonyl (C=O) groups is 3. The molecular weight excluding hydrogens is 445 g/mol. The fourth-order valence-electron chi connectivity index (χ4n) is 2.96. The van der Waals surface area contributed by atoms with E-state index in [4.69, 9.17) is 28.0 Å². The van der Waals surface area contributed by atoms with Crippen LogP contribution in [0.15, 0.2) is 77.7 Å². The SMILES string of the molecule is O=C(ON1C(=O)c2ccccc2C1=O)C(Sc1cc(Cl)ccc1Cl)c1ccccc1. The van der Waals surface area contributed by atoms with E-state index < -0.39 is 23.0 Å². The minimum absolute atomic E-state index is 0.192. The average molecular weight is 458 g/mol. The predicted octanol–water partition coefficient (Wildman–Crippen LogP) is 5.58. The molecule has 0 fully saturated rings. The van der Waals surface area contributed by atoms with E-state index in [9.17, 15) is 14.4 Å². The predicted molar refractivity (Wildman–Crippen MR) is 115 cm³/mol. The molecular formula is C22H13Cl2NO4S. The maximum absolute atomic E-state index is 13.1. The summed E-state index contributed by atoms with van der Waals surface area (Å²) in [6, 6.07) is 20.1. The van der Waals surface area contributed by atoms with Gasteiger partial charge in [0, 0.05) is 9.92 Å². The second-order valence-electron chi connectivity index (χ2n) is 6.34. The molecule has 1 aliphatic heterocycles. The first-order chi connectivity index (χ1) is 14.5. The van der Waals surface area contributed by atoms with E-state index in [0.29, 0.717) is 25.6 Å². The first kappa shape index (κ1) is 20.5. The molecule has 0 N–H and O–H groups in total. The number of hydroxylamine groups is 2. The number of thioether (sulfide) groups is 1. The summed E-state index contributed by atoms with van der Waals surface area (Å²) in [7, 11) is 0. The third kappa shape index (κ3) is 3.94. The second-order valence-corrected chi connectivity index (χ2v) is 8.33. The Kier molecular flexibility index (Phi) is 5.81. The Labute approximate surface area is 186 Å². The van der Waals surface area contributed by atoms with Gasteiger partial charge in [-0.3, -0.25) is 9.59 Å². The van der Waals surface area contributed by atoms with Crippen LogP contribution in [0.1, 0.15) is 31.5 Å². The van der Waals surface area contributed by atoms with Gasteiger partial charge >= 0.3 is 5.97 Å². The van der Waals surface area contributed by atoms with Crippen LogP contribution in [0.3, 0.4) is 0 Å². The summed E-state index contributed by atoms with van der Waals surface area (Å²) in [6.45, 7) is 0. The molecule has 3 aromatic carbocycles. The zero-order valence-electron chi connectivity index (χ0n) is 15.2. The van der Waals surface area contributed by atoms with Gasteiger partial charge in [-0.25, -0.2) is 4.79 Å². The van der Waals surface area contributed by atoms with E-state index >= 15 is 0 Å². The fourth-order valence-corrected chi connectivity index (χ4v) is 4.51. The van der Waals surface area contributed by atoms with Crippen molar-refractivity contribution in [1.82, 2.24) is 5.06 Å². The highest BCUT2D eigenvalue weighted by Crippen LogP contribution is 2.41. The van der Waals surface area contributed by atoms with Gasteiger partial charge in [0.15, 0.2) is 0 Å². The van der Waals surface area contributed by atoms with E-state index in [-0.39, 0.29) is 11.1 Å². The lowest BCUT2D eigenvalue weighted by molar-refractivity contribution is -0.167. The molecule has 150 valence electrons. The van der Waals surface area contributed by atoms with Crippen LogP contribution in [0.5, 0.6) is 0 Å². The molecule has 5 nitrogen and oxygen atoms in total. The Hall–Kier alpha value is -2.80. The van der Waals surface area contributed by atoms with Crippen molar-refractivity contribution in [2.24, 2.45) is 0 Å². The molecule has 0 aliphatic carbocycles. The van der Waals surface area contributed by atoms with Crippen molar-refractivity contribution in [3.8, 4) is 0 Å². The van der Waals surface area contributed by atoms with E-state index in [1.807, 2.05) is 6.07 Å². The number of hydrogen-bond donors (Lipinski definition) is 0. The number of amides is 2. The van der Waals surface area contributed by atoms with Crippen LogP contribution in [0.4, 0.5) is 0 Å². The van der Waals surface area contributed by atoms with Crippen LogP contribution in [0.2, 0.25) is 10.0 Å². The number of hydrogen-bond acceptors (Lipinski definition) is 5. The molecule has 1 unspecified atom stereocenters. The molecule has 0 spiro atoms. The Morgan fingerprint density at radius 2 is 1.47 bits per heavy atom. The van der Waals surface area contributed by atoms with Crippen molar-refractivity contribution in [3.05, 3.63) is 99.5 Å². The monoisotopic (exact) mass is 457 g/mol. The molecule has 0 saturated carbocycles. The van der Waals surface area contributed by atoms with Gasteiger partial charge in [0.1, 0.15) is 5.25 Å². The quantitative estimate of drug-likeness (QED) is 0.369. The topological polar surface area (TPSA) is 63.7 Å². The van der Waals surface area contributed by atoms with Crippen LogP contribution in [-0.4, -0.2) is 22.8 Å². The van der Waals surface area contributed by atoms with Crippen molar-refractivity contribution >= 4 is 52.7 Å². The highest BCUT2D eigenvalue weighted by atomic mass is 35.5. The number of rotatable bonds is 5. The Bertz CT molecular complexity index is 1120. The number of nitrogens with zero attached hydrogens (tertiary/aromatic N) is 1. The number of imide groups is 1. The van der Waals surface area contributed by atoms with Crippen molar-refractivity contribution in [3.63, 3.8) is 0 Å². The fraction of sp³-hybridized carbons (Fsp3) is 0.0455. The largest absolute Gasteiger partial charge is 0.350 e. The van der Waals surface area contributed by atoms with Gasteiger partial charge in [-0.05, 0) is 35.9 Å². The zero-order valence-corrected chi connectivity index (χ0v) is 17.6. The lowest BCUT2D eigenvalue weighted by Crippen LogP contribution is -2.34. The number of fused-ring (bicyclic) bond motifs is 1. The third-order valence-electron chi connectivity index (χ3n) is 4.39. The highest BCUT2D eigenvalue weighted by molar-refractivity contribution is 8.00. The lowest BCUT2D eigenvalue weighted by Gasteiger charge is -2.19. The van der Waals surface area contributed by atoms with E-state index in [0.717, 1.165) is 11.8 Å². The summed E-state index contributed by atoms with van der Waals surface area (Å²) < 4.78 is 0. The Morgan fingerprint density at radius 3 is 2.10 bits per heavy atom. The highest BCUT2D eigenvalue weighted by Gasteiger charge is 2.40. The molecule has 0 bridgehead atoms. The Morgan fingerprint density at radius 1 is 0.867 bits per heavy atom. The normalized spacial score (nSPS) is 13.9. The van der Waals surface area contributed by atoms with Gasteiger partial charge in [-0.15, -0.1) is 11.8 Å². The minimum atomic E-state index is -0.883. The summed E-state index contributed by atoms with van der Waals surface area (Å²) >= 11 is 13.4. The smallest absolute Gasteiger partial charge is 0.328 e. The number of benzene rings is 3. The first-order valence-corrected chi connectivity index (χ1v) is 10.5. The average Bonchev–Trinajstić information content (AvgIpc) is 3.00. The standard InChI is InChI=1S/C22H13Cl2NO4S/c23-14-10-11-17(24)18(12-14)30-19(13-6-2-1-3-7-13)22(28)29-25-20(26)15-8-4-5-9-16(15)21(25)27/h1-12,19H. The molecule has 2 amide bonds. The van der Waals surface area contributed by atoms with Crippen molar-refractivity contribution in [1.29, 1.82) is 0 Å². The van der Waals surface area contributed by atoms with Crippen molar-refractivity contribution in [2.75, 3.05) is 0 Å². The molecule has 0 saturated heterocycles. The molecule has 1 aliphatic rings. The zero-order chi connectivity index (χ0) is 21.3. The molecule has 8 heteroatoms. The number of halogens is 2. The van der Waals surface area contributed by atoms with Crippen LogP contribution in [-0.2, 0) is 9.63 Å². The lowest BCUT2D eigenvalue weighted by atomic mass is 10.1. The van der Waals surface area contributed by atoms with Crippen LogP contribution in [0.25, 0.3) is 0 Å². The van der Waals surface area contributed by atoms with Crippen LogP contribution < -0.4 is 0 Å². The van der Waals surface area contributed by atoms with Gasteiger partial charge in [-0.2, -0.15) is 0 Å². The van der Waals surface area contributed by atoms with Gasteiger partial charge in [0.05, 0.1) is 16.1 Å². The van der Waals surface area contributed by atoms with E-state index in [2.05, 4.69) is 0 Å². The van der Waals surface area contributed by atoms with E-state index in [1.165, 1.54) is 12.1 Å². The van der Waals surface area contributed by atoms with Gasteiger partial charge in [0.25, 0.3) is 11.8 Å². The maximum Gasteiger partial charge on any atom is 0.350 e. The van der Waals surface area contributed by atoms with Gasteiger partial charge in [-0.1, -0.05) is 70.7 Å². The summed E-state index contributed by atoms with van der Waals surface area (Å²) in [4.78, 5) is 44.0. The molecule has 1 heterocycles. The summed E-state index contributed by atoms with van der Waals surface area (Å²) in [5.41, 5.74) is 1.01.